The number of imide groups is 1. The maximum absolute atomic E-state index is 12.7. The van der Waals surface area contributed by atoms with Crippen molar-refractivity contribution in [3.8, 4) is 0 Å². The van der Waals surface area contributed by atoms with Gasteiger partial charge in [-0.05, 0) is 61.5 Å². The fourth-order valence-corrected chi connectivity index (χ4v) is 1.82. The van der Waals surface area contributed by atoms with Gasteiger partial charge < -0.3 is 14.2 Å². The van der Waals surface area contributed by atoms with E-state index in [1.54, 1.807) is 54.5 Å². The van der Waals surface area contributed by atoms with Gasteiger partial charge in [-0.25, -0.2) is 14.6 Å². The van der Waals surface area contributed by atoms with Crippen molar-refractivity contribution in [3.63, 3.8) is 0 Å². The second kappa shape index (κ2) is 8.83. The van der Waals surface area contributed by atoms with Crippen LogP contribution in [0.5, 0.6) is 0 Å². The minimum absolute atomic E-state index is 0.0390. The van der Waals surface area contributed by atoms with Gasteiger partial charge in [-0.3, -0.25) is 4.98 Å². The molecule has 0 fully saturated rings. The lowest BCUT2D eigenvalue weighted by atomic mass is 10.2. The number of aryl methyl sites for hydroxylation is 1. The first-order valence-corrected chi connectivity index (χ1v) is 8.72. The molecule has 0 saturated heterocycles. The van der Waals surface area contributed by atoms with Crippen molar-refractivity contribution in [2.45, 2.75) is 66.6 Å². The van der Waals surface area contributed by atoms with E-state index in [0.717, 1.165) is 4.90 Å². The predicted octanol–water partition coefficient (Wildman–Crippen LogP) is 4.47. The normalized spacial score (nSPS) is 12.0. The fraction of sp³-hybridized carbons (Fsp3) is 0.579. The number of nitrogens with zero attached hydrogens (tertiary/aromatic N) is 3. The largest absolute Gasteiger partial charge is 0.501 e. The van der Waals surface area contributed by atoms with Crippen LogP contribution >= 0.6 is 0 Å². The van der Waals surface area contributed by atoms with Crippen LogP contribution in [-0.4, -0.2) is 40.0 Å². The summed E-state index contributed by atoms with van der Waals surface area (Å²) in [4.78, 5) is 34.7. The van der Waals surface area contributed by atoms with Gasteiger partial charge in [0.2, 0.25) is 0 Å². The van der Waals surface area contributed by atoms with Crippen molar-refractivity contribution < 1.29 is 23.8 Å². The Balaban J connectivity index is 3.34. The van der Waals surface area contributed by atoms with Gasteiger partial charge in [0.15, 0.2) is 5.82 Å². The number of amides is 2. The average Bonchev–Trinajstić information content (AvgIpc) is 2.47. The highest BCUT2D eigenvalue weighted by Crippen LogP contribution is 2.22. The molecule has 150 valence electrons. The van der Waals surface area contributed by atoms with Crippen molar-refractivity contribution >= 4 is 24.1 Å². The number of anilines is 1. The quantitative estimate of drug-likeness (QED) is 0.713. The third kappa shape index (κ3) is 7.64. The van der Waals surface area contributed by atoms with Crippen molar-refractivity contribution in [2.75, 3.05) is 11.5 Å². The van der Waals surface area contributed by atoms with E-state index in [1.807, 2.05) is 6.92 Å². The van der Waals surface area contributed by atoms with Crippen LogP contribution in [0.1, 0.15) is 59.9 Å². The van der Waals surface area contributed by atoms with Crippen LogP contribution in [0.15, 0.2) is 12.5 Å². The molecule has 0 aromatic carbocycles. The van der Waals surface area contributed by atoms with Crippen LogP contribution in [0.2, 0.25) is 0 Å². The molecule has 0 aliphatic heterocycles. The van der Waals surface area contributed by atoms with Crippen molar-refractivity contribution in [3.05, 3.63) is 23.8 Å². The summed E-state index contributed by atoms with van der Waals surface area (Å²) in [5.74, 6) is 0.0390. The number of hydrogen-bond acceptors (Lipinski definition) is 7. The van der Waals surface area contributed by atoms with E-state index in [4.69, 9.17) is 14.2 Å². The number of rotatable bonds is 4. The highest BCUT2D eigenvalue weighted by molar-refractivity contribution is 6.09. The van der Waals surface area contributed by atoms with E-state index in [2.05, 4.69) is 9.97 Å². The topological polar surface area (TPSA) is 90.8 Å². The van der Waals surface area contributed by atoms with E-state index >= 15 is 0 Å². The lowest BCUT2D eigenvalue weighted by molar-refractivity contribution is 0.0428. The molecule has 0 saturated carbocycles. The molecule has 0 unspecified atom stereocenters. The zero-order valence-electron chi connectivity index (χ0n) is 17.3. The van der Waals surface area contributed by atoms with Crippen LogP contribution in [-0.2, 0) is 14.2 Å². The Morgan fingerprint density at radius 3 is 2.04 bits per heavy atom. The molecule has 0 N–H and O–H groups in total. The Kier molecular flexibility index (Phi) is 7.33. The average molecular weight is 379 g/mol. The van der Waals surface area contributed by atoms with Gasteiger partial charge in [-0.15, -0.1) is 0 Å². The summed E-state index contributed by atoms with van der Waals surface area (Å²) >= 11 is 0. The summed E-state index contributed by atoms with van der Waals surface area (Å²) in [6.07, 6.45) is 2.78. The third-order valence-corrected chi connectivity index (χ3v) is 2.81. The second-order valence-corrected chi connectivity index (χ2v) is 7.76. The highest BCUT2D eigenvalue weighted by atomic mass is 16.6. The molecule has 0 radical (unpaired) electrons. The van der Waals surface area contributed by atoms with Gasteiger partial charge in [0, 0.05) is 0 Å². The van der Waals surface area contributed by atoms with Crippen molar-refractivity contribution in [1.29, 1.82) is 0 Å². The Hall–Kier alpha value is -2.64. The zero-order chi connectivity index (χ0) is 20.8. The van der Waals surface area contributed by atoms with E-state index < -0.39 is 23.4 Å². The van der Waals surface area contributed by atoms with Crippen LogP contribution in [0, 0.1) is 6.92 Å². The summed E-state index contributed by atoms with van der Waals surface area (Å²) < 4.78 is 15.9. The van der Waals surface area contributed by atoms with E-state index in [1.165, 1.54) is 12.5 Å². The van der Waals surface area contributed by atoms with Gasteiger partial charge in [-0.2, -0.15) is 4.90 Å². The first kappa shape index (κ1) is 22.4. The maximum Gasteiger partial charge on any atom is 0.425 e. The molecule has 27 heavy (non-hydrogen) atoms. The monoisotopic (exact) mass is 379 g/mol. The first-order valence-electron chi connectivity index (χ1n) is 8.72. The molecule has 1 aromatic rings. The molecule has 1 aromatic heterocycles. The molecular formula is C19H29N3O5. The second-order valence-electron chi connectivity index (χ2n) is 7.76. The Bertz CT molecular complexity index is 674. The molecule has 0 bridgehead atoms. The van der Waals surface area contributed by atoms with E-state index in [-0.39, 0.29) is 5.82 Å². The van der Waals surface area contributed by atoms with Gasteiger partial charge in [-0.1, -0.05) is 0 Å². The standard InChI is InChI=1S/C19H29N3O5/c1-9-25-11-10-14-12-20-13(2)15(21-14)22(16(23)26-18(3,4)5)17(24)27-19(6,7)8/h10-12H,9H2,1-8H3/b11-10+. The number of carbonyl (C=O) groups excluding carboxylic acids is 2. The van der Waals surface area contributed by atoms with E-state index in [0.29, 0.717) is 18.0 Å². The molecule has 1 rings (SSSR count). The van der Waals surface area contributed by atoms with Gasteiger partial charge >= 0.3 is 12.2 Å². The number of hydrogen-bond donors (Lipinski definition) is 0. The number of aromatic nitrogens is 2. The van der Waals surface area contributed by atoms with Crippen molar-refractivity contribution in [1.82, 2.24) is 9.97 Å². The highest BCUT2D eigenvalue weighted by Gasteiger charge is 2.34. The smallest absolute Gasteiger partial charge is 0.425 e. The SMILES string of the molecule is CCO/C=C/c1cnc(C)c(N(C(=O)OC(C)(C)C)C(=O)OC(C)(C)C)n1. The lowest BCUT2D eigenvalue weighted by Crippen LogP contribution is -2.44. The Morgan fingerprint density at radius 2 is 1.59 bits per heavy atom. The van der Waals surface area contributed by atoms with Crippen LogP contribution < -0.4 is 4.90 Å². The molecule has 8 heteroatoms. The molecule has 0 aliphatic rings. The maximum atomic E-state index is 12.7. The zero-order valence-corrected chi connectivity index (χ0v) is 17.3. The number of carbonyl (C=O) groups is 2. The van der Waals surface area contributed by atoms with Gasteiger partial charge in [0.05, 0.1) is 30.5 Å². The summed E-state index contributed by atoms with van der Waals surface area (Å²) in [6.45, 7) is 14.2. The first-order chi connectivity index (χ1) is 12.3. The predicted molar refractivity (Wildman–Crippen MR) is 102 cm³/mol. The van der Waals surface area contributed by atoms with Crippen molar-refractivity contribution in [2.24, 2.45) is 0 Å². The minimum atomic E-state index is -0.889. The third-order valence-electron chi connectivity index (χ3n) is 2.81. The van der Waals surface area contributed by atoms with E-state index in [9.17, 15) is 9.59 Å². The molecular weight excluding hydrogens is 350 g/mol. The molecule has 0 spiro atoms. The summed E-state index contributed by atoms with van der Waals surface area (Å²) in [7, 11) is 0. The molecule has 8 nitrogen and oxygen atoms in total. The molecule has 1 heterocycles. The number of ether oxygens (including phenoxy) is 3. The summed E-state index contributed by atoms with van der Waals surface area (Å²) in [5.41, 5.74) is -0.808. The lowest BCUT2D eigenvalue weighted by Gasteiger charge is -2.28. The Morgan fingerprint density at radius 1 is 1.07 bits per heavy atom. The van der Waals surface area contributed by atoms with Crippen LogP contribution in [0.25, 0.3) is 6.08 Å². The Labute approximate surface area is 160 Å². The van der Waals surface area contributed by atoms with Crippen LogP contribution in [0.3, 0.4) is 0 Å². The van der Waals surface area contributed by atoms with Gasteiger partial charge in [0.25, 0.3) is 0 Å². The van der Waals surface area contributed by atoms with Gasteiger partial charge in [0.1, 0.15) is 11.2 Å². The molecule has 2 amide bonds. The van der Waals surface area contributed by atoms with Crippen LogP contribution in [0.4, 0.5) is 15.4 Å². The fourth-order valence-electron chi connectivity index (χ4n) is 1.82. The minimum Gasteiger partial charge on any atom is -0.501 e. The summed E-state index contributed by atoms with van der Waals surface area (Å²) in [6, 6.07) is 0. The molecule has 0 aliphatic carbocycles. The molecule has 0 atom stereocenters. The summed E-state index contributed by atoms with van der Waals surface area (Å²) in [5, 5.41) is 0.